The lowest BCUT2D eigenvalue weighted by Crippen LogP contribution is -2.14. The maximum atomic E-state index is 12.5. The molecule has 1 aliphatic rings. The topological polar surface area (TPSA) is 90.1 Å². The molecule has 0 radical (unpaired) electrons. The van der Waals surface area contributed by atoms with E-state index >= 15 is 0 Å². The highest BCUT2D eigenvalue weighted by atomic mass is 32.1. The summed E-state index contributed by atoms with van der Waals surface area (Å²) in [5.41, 5.74) is 3.33. The van der Waals surface area contributed by atoms with Crippen molar-refractivity contribution < 1.29 is 13.9 Å². The van der Waals surface area contributed by atoms with Crippen LogP contribution in [0, 0.1) is 13.8 Å². The molecule has 0 atom stereocenters. The van der Waals surface area contributed by atoms with Crippen LogP contribution in [0.1, 0.15) is 32.2 Å². The molecule has 3 heterocycles. The number of rotatable bonds is 3. The molecular formula is C16H14N4O3S. The van der Waals surface area contributed by atoms with Gasteiger partial charge in [-0.25, -0.2) is 4.98 Å². The second kappa shape index (κ2) is 5.81. The van der Waals surface area contributed by atoms with Gasteiger partial charge in [0, 0.05) is 5.56 Å². The molecule has 0 spiro atoms. The third kappa shape index (κ3) is 2.59. The number of fused-ring (bicyclic) bond motifs is 1. The molecule has 2 aromatic heterocycles. The molecule has 1 amide bonds. The van der Waals surface area contributed by atoms with Gasteiger partial charge in [-0.15, -0.1) is 16.4 Å². The Morgan fingerprint density at radius 1 is 1.25 bits per heavy atom. The van der Waals surface area contributed by atoms with Gasteiger partial charge in [0.25, 0.3) is 11.8 Å². The van der Waals surface area contributed by atoms with Crippen LogP contribution in [0.5, 0.6) is 0 Å². The zero-order valence-corrected chi connectivity index (χ0v) is 13.9. The summed E-state index contributed by atoms with van der Waals surface area (Å²) >= 11 is 1.48. The third-order valence-corrected chi connectivity index (χ3v) is 4.83. The highest BCUT2D eigenvalue weighted by Gasteiger charge is 2.21. The van der Waals surface area contributed by atoms with Gasteiger partial charge in [0.05, 0.1) is 23.9 Å². The maximum absolute atomic E-state index is 12.5. The summed E-state index contributed by atoms with van der Waals surface area (Å²) in [7, 11) is 0. The van der Waals surface area contributed by atoms with Crippen LogP contribution in [0.3, 0.4) is 0 Å². The molecule has 0 saturated carbocycles. The molecule has 1 aliphatic heterocycles. The highest BCUT2D eigenvalue weighted by molar-refractivity contribution is 7.15. The van der Waals surface area contributed by atoms with Gasteiger partial charge in [0.15, 0.2) is 0 Å². The molecule has 24 heavy (non-hydrogen) atoms. The number of nitrogens with one attached hydrogen (secondary N) is 1. The lowest BCUT2D eigenvalue weighted by molar-refractivity contribution is 0.101. The Bertz CT molecular complexity index is 931. The first-order valence-corrected chi connectivity index (χ1v) is 8.21. The molecule has 0 aliphatic carbocycles. The quantitative estimate of drug-likeness (QED) is 0.786. The molecule has 1 aromatic carbocycles. The van der Waals surface area contributed by atoms with Gasteiger partial charge in [-0.3, -0.25) is 10.1 Å². The first-order valence-electron chi connectivity index (χ1n) is 7.39. The standard InChI is InChI=1S/C16H14N4O3S/c1-8-13(24-9(2)17-8)15-19-20-16(23-15)18-14(21)11-5-3-4-10-6-22-7-12(10)11/h3-5H,6-7H2,1-2H3,(H,18,20,21). The van der Waals surface area contributed by atoms with Crippen molar-refractivity contribution in [3.8, 4) is 10.8 Å². The number of benzene rings is 1. The van der Waals surface area contributed by atoms with Crippen LogP contribution >= 0.6 is 11.3 Å². The number of amides is 1. The lowest BCUT2D eigenvalue weighted by Gasteiger charge is -2.05. The molecule has 0 unspecified atom stereocenters. The van der Waals surface area contributed by atoms with Gasteiger partial charge in [0.2, 0.25) is 0 Å². The van der Waals surface area contributed by atoms with Crippen LogP contribution < -0.4 is 5.32 Å². The van der Waals surface area contributed by atoms with Crippen molar-refractivity contribution in [3.63, 3.8) is 0 Å². The number of nitrogens with zero attached hydrogens (tertiary/aromatic N) is 3. The van der Waals surface area contributed by atoms with Crippen molar-refractivity contribution in [2.45, 2.75) is 27.1 Å². The molecule has 1 N–H and O–H groups in total. The van der Waals surface area contributed by atoms with E-state index in [2.05, 4.69) is 20.5 Å². The average Bonchev–Trinajstić information content (AvgIpc) is 3.26. The van der Waals surface area contributed by atoms with E-state index in [0.29, 0.717) is 24.7 Å². The number of anilines is 1. The normalized spacial score (nSPS) is 13.1. The summed E-state index contributed by atoms with van der Waals surface area (Å²) in [5.74, 6) is 0.0692. The van der Waals surface area contributed by atoms with Crippen LogP contribution in [-0.4, -0.2) is 21.1 Å². The monoisotopic (exact) mass is 342 g/mol. The molecule has 3 aromatic rings. The fourth-order valence-electron chi connectivity index (χ4n) is 2.68. The van der Waals surface area contributed by atoms with E-state index in [1.54, 1.807) is 6.07 Å². The van der Waals surface area contributed by atoms with Crippen molar-refractivity contribution in [1.82, 2.24) is 15.2 Å². The van der Waals surface area contributed by atoms with Crippen LogP contribution in [0.4, 0.5) is 6.01 Å². The molecule has 4 rings (SSSR count). The minimum absolute atomic E-state index is 0.0666. The van der Waals surface area contributed by atoms with Gasteiger partial charge in [-0.05, 0) is 31.0 Å². The summed E-state index contributed by atoms with van der Waals surface area (Å²) in [6, 6.07) is 5.62. The second-order valence-corrected chi connectivity index (χ2v) is 6.65. The Kier molecular flexibility index (Phi) is 3.62. The van der Waals surface area contributed by atoms with Crippen molar-refractivity contribution in [2.24, 2.45) is 0 Å². The molecule has 122 valence electrons. The Morgan fingerprint density at radius 2 is 2.12 bits per heavy atom. The number of hydrogen-bond acceptors (Lipinski definition) is 7. The van der Waals surface area contributed by atoms with Crippen LogP contribution in [0.15, 0.2) is 22.6 Å². The van der Waals surface area contributed by atoms with Crippen molar-refractivity contribution in [3.05, 3.63) is 45.6 Å². The predicted octanol–water partition coefficient (Wildman–Crippen LogP) is 3.09. The van der Waals surface area contributed by atoms with Crippen LogP contribution in [-0.2, 0) is 18.0 Å². The molecule has 7 nitrogen and oxygen atoms in total. The lowest BCUT2D eigenvalue weighted by atomic mass is 10.0. The zero-order valence-electron chi connectivity index (χ0n) is 13.1. The van der Waals surface area contributed by atoms with E-state index in [0.717, 1.165) is 26.7 Å². The second-order valence-electron chi connectivity index (χ2n) is 5.45. The molecule has 0 bridgehead atoms. The van der Waals surface area contributed by atoms with Gasteiger partial charge in [-0.2, -0.15) is 0 Å². The highest BCUT2D eigenvalue weighted by Crippen LogP contribution is 2.30. The van der Waals surface area contributed by atoms with E-state index in [-0.39, 0.29) is 11.9 Å². The number of aromatic nitrogens is 3. The van der Waals surface area contributed by atoms with Gasteiger partial charge in [-0.1, -0.05) is 17.2 Å². The Hall–Kier alpha value is -2.58. The summed E-state index contributed by atoms with van der Waals surface area (Å²) < 4.78 is 11.0. The van der Waals surface area contributed by atoms with E-state index in [1.807, 2.05) is 26.0 Å². The van der Waals surface area contributed by atoms with Gasteiger partial charge < -0.3 is 9.15 Å². The SMILES string of the molecule is Cc1nc(C)c(-c2nnc(NC(=O)c3cccc4c3COC4)o2)s1. The molecule has 0 saturated heterocycles. The number of carbonyl (C=O) groups excluding carboxylic acids is 1. The number of hydrogen-bond donors (Lipinski definition) is 1. The molecule has 8 heteroatoms. The molecule has 0 fully saturated rings. The summed E-state index contributed by atoms with van der Waals surface area (Å²) in [5, 5.41) is 11.5. The van der Waals surface area contributed by atoms with E-state index in [4.69, 9.17) is 9.15 Å². The fraction of sp³-hybridized carbons (Fsp3) is 0.250. The Morgan fingerprint density at radius 3 is 2.92 bits per heavy atom. The summed E-state index contributed by atoms with van der Waals surface area (Å²) in [4.78, 5) is 17.6. The zero-order chi connectivity index (χ0) is 16.7. The maximum Gasteiger partial charge on any atom is 0.322 e. The number of ether oxygens (including phenoxy) is 1. The largest absolute Gasteiger partial charge is 0.402 e. The fourth-order valence-corrected chi connectivity index (χ4v) is 3.52. The van der Waals surface area contributed by atoms with Crippen molar-refractivity contribution in [1.29, 1.82) is 0 Å². The number of aryl methyl sites for hydroxylation is 2. The van der Waals surface area contributed by atoms with E-state index < -0.39 is 0 Å². The first kappa shape index (κ1) is 15.0. The number of thiazole rings is 1. The summed E-state index contributed by atoms with van der Waals surface area (Å²) in [6.07, 6.45) is 0. The average molecular weight is 342 g/mol. The minimum atomic E-state index is -0.287. The Balaban J connectivity index is 1.57. The van der Waals surface area contributed by atoms with Crippen molar-refractivity contribution >= 4 is 23.3 Å². The molecular weight excluding hydrogens is 328 g/mol. The van der Waals surface area contributed by atoms with Crippen molar-refractivity contribution in [2.75, 3.05) is 5.32 Å². The smallest absolute Gasteiger partial charge is 0.322 e. The Labute approximate surface area is 141 Å². The number of carbonyl (C=O) groups is 1. The summed E-state index contributed by atoms with van der Waals surface area (Å²) in [6.45, 7) is 4.77. The van der Waals surface area contributed by atoms with E-state index in [1.165, 1.54) is 11.3 Å². The third-order valence-electron chi connectivity index (χ3n) is 3.76. The van der Waals surface area contributed by atoms with E-state index in [9.17, 15) is 4.79 Å². The van der Waals surface area contributed by atoms with Crippen LogP contribution in [0.25, 0.3) is 10.8 Å². The predicted molar refractivity (Wildman–Crippen MR) is 87.8 cm³/mol. The van der Waals surface area contributed by atoms with Gasteiger partial charge >= 0.3 is 6.01 Å². The van der Waals surface area contributed by atoms with Crippen LogP contribution in [0.2, 0.25) is 0 Å². The minimum Gasteiger partial charge on any atom is -0.402 e. The first-order chi connectivity index (χ1) is 11.6. The van der Waals surface area contributed by atoms with Gasteiger partial charge in [0.1, 0.15) is 4.88 Å².